The van der Waals surface area contributed by atoms with Gasteiger partial charge in [-0.3, -0.25) is 0 Å². The summed E-state index contributed by atoms with van der Waals surface area (Å²) in [6, 6.07) is -1.31. The van der Waals surface area contributed by atoms with Crippen molar-refractivity contribution in [2.45, 2.75) is 45.2 Å². The molecule has 0 aromatic heterocycles. The molecule has 1 saturated heterocycles. The second-order valence-corrected chi connectivity index (χ2v) is 5.16. The van der Waals surface area contributed by atoms with Crippen LogP contribution in [0.2, 0.25) is 0 Å². The van der Waals surface area contributed by atoms with E-state index < -0.39 is 23.6 Å². The van der Waals surface area contributed by atoms with Crippen molar-refractivity contribution in [2.75, 3.05) is 13.2 Å². The van der Waals surface area contributed by atoms with Crippen molar-refractivity contribution in [1.29, 1.82) is 0 Å². The minimum absolute atomic E-state index is 0.110. The van der Waals surface area contributed by atoms with E-state index in [1.54, 1.807) is 6.92 Å². The van der Waals surface area contributed by atoms with Crippen molar-refractivity contribution in [3.63, 3.8) is 0 Å². The highest BCUT2D eigenvalue weighted by molar-refractivity contribution is 5.83. The number of carbonyl (C=O) groups is 2. The maximum Gasteiger partial charge on any atom is 0.326 e. The Balaban J connectivity index is 2.53. The van der Waals surface area contributed by atoms with Gasteiger partial charge in [-0.1, -0.05) is 20.3 Å². The molecule has 2 unspecified atom stereocenters. The van der Waals surface area contributed by atoms with Crippen LogP contribution in [0, 0.1) is 5.92 Å². The Hall–Kier alpha value is -1.30. The summed E-state index contributed by atoms with van der Waals surface area (Å²) in [5.41, 5.74) is -0.400. The number of ether oxygens (including phenoxy) is 1. The molecule has 18 heavy (non-hydrogen) atoms. The second kappa shape index (κ2) is 6.04. The topological polar surface area (TPSA) is 87.7 Å². The Kier molecular flexibility index (Phi) is 4.95. The first kappa shape index (κ1) is 14.8. The summed E-state index contributed by atoms with van der Waals surface area (Å²) in [7, 11) is 0. The number of amides is 2. The molecule has 1 heterocycles. The van der Waals surface area contributed by atoms with Crippen LogP contribution in [0.15, 0.2) is 0 Å². The molecule has 6 nitrogen and oxygen atoms in total. The van der Waals surface area contributed by atoms with Crippen molar-refractivity contribution in [3.8, 4) is 0 Å². The summed E-state index contributed by atoms with van der Waals surface area (Å²) in [6.45, 7) is 6.66. The van der Waals surface area contributed by atoms with Gasteiger partial charge in [0.25, 0.3) is 0 Å². The van der Waals surface area contributed by atoms with Crippen LogP contribution in [-0.2, 0) is 9.53 Å². The standard InChI is InChI=1S/C12H22N2O4/c1-4-8(2)9(10(15)16)13-11(17)14-12(3)5-6-18-7-12/h8-9H,4-7H2,1-3H3,(H,15,16)(H2,13,14,17)/t8?,9-,12?/m0/s1. The van der Waals surface area contributed by atoms with Gasteiger partial charge in [0.15, 0.2) is 0 Å². The monoisotopic (exact) mass is 258 g/mol. The van der Waals surface area contributed by atoms with E-state index in [9.17, 15) is 9.59 Å². The molecule has 3 N–H and O–H groups in total. The molecule has 6 heteroatoms. The third-order valence-corrected chi connectivity index (χ3v) is 3.40. The molecule has 0 saturated carbocycles. The van der Waals surface area contributed by atoms with Gasteiger partial charge >= 0.3 is 12.0 Å². The van der Waals surface area contributed by atoms with E-state index in [0.717, 1.165) is 6.42 Å². The van der Waals surface area contributed by atoms with E-state index in [1.807, 2.05) is 13.8 Å². The first-order chi connectivity index (χ1) is 8.38. The van der Waals surface area contributed by atoms with Crippen molar-refractivity contribution < 1.29 is 19.4 Å². The molecule has 0 radical (unpaired) electrons. The summed E-state index contributed by atoms with van der Waals surface area (Å²) >= 11 is 0. The quantitative estimate of drug-likeness (QED) is 0.685. The molecule has 0 bridgehead atoms. The maximum absolute atomic E-state index is 11.8. The van der Waals surface area contributed by atoms with Crippen LogP contribution < -0.4 is 10.6 Å². The minimum Gasteiger partial charge on any atom is -0.480 e. The highest BCUT2D eigenvalue weighted by Gasteiger charge is 2.33. The van der Waals surface area contributed by atoms with Gasteiger partial charge in [0, 0.05) is 6.61 Å². The molecule has 2 amide bonds. The van der Waals surface area contributed by atoms with E-state index in [2.05, 4.69) is 10.6 Å². The highest BCUT2D eigenvalue weighted by atomic mass is 16.5. The van der Waals surface area contributed by atoms with Crippen LogP contribution in [0.25, 0.3) is 0 Å². The van der Waals surface area contributed by atoms with E-state index >= 15 is 0 Å². The zero-order valence-corrected chi connectivity index (χ0v) is 11.2. The van der Waals surface area contributed by atoms with Crippen molar-refractivity contribution in [2.24, 2.45) is 5.92 Å². The average molecular weight is 258 g/mol. The van der Waals surface area contributed by atoms with E-state index in [0.29, 0.717) is 19.6 Å². The fourth-order valence-corrected chi connectivity index (χ4v) is 1.90. The molecular formula is C12H22N2O4. The summed E-state index contributed by atoms with van der Waals surface area (Å²) in [6.07, 6.45) is 1.43. The van der Waals surface area contributed by atoms with Gasteiger partial charge in [-0.05, 0) is 19.3 Å². The van der Waals surface area contributed by atoms with Gasteiger partial charge in [0.05, 0.1) is 12.1 Å². The molecule has 1 aliphatic rings. The Labute approximate surface area is 107 Å². The van der Waals surface area contributed by atoms with Gasteiger partial charge in [-0.15, -0.1) is 0 Å². The smallest absolute Gasteiger partial charge is 0.326 e. The lowest BCUT2D eigenvalue weighted by atomic mass is 9.99. The van der Waals surface area contributed by atoms with Gasteiger partial charge < -0.3 is 20.5 Å². The minimum atomic E-state index is -1.01. The molecule has 3 atom stereocenters. The molecule has 104 valence electrons. The lowest BCUT2D eigenvalue weighted by molar-refractivity contribution is -0.140. The van der Waals surface area contributed by atoms with Gasteiger partial charge in [0.2, 0.25) is 0 Å². The van der Waals surface area contributed by atoms with Crippen molar-refractivity contribution >= 4 is 12.0 Å². The van der Waals surface area contributed by atoms with Crippen LogP contribution in [0.1, 0.15) is 33.6 Å². The second-order valence-electron chi connectivity index (χ2n) is 5.16. The third-order valence-electron chi connectivity index (χ3n) is 3.40. The number of rotatable bonds is 5. The van der Waals surface area contributed by atoms with E-state index in [-0.39, 0.29) is 5.92 Å². The van der Waals surface area contributed by atoms with E-state index in [1.165, 1.54) is 0 Å². The van der Waals surface area contributed by atoms with Gasteiger partial charge in [-0.25, -0.2) is 9.59 Å². The zero-order chi connectivity index (χ0) is 13.8. The molecule has 0 aromatic rings. The molecule has 0 aliphatic carbocycles. The summed E-state index contributed by atoms with van der Waals surface area (Å²) in [5, 5.41) is 14.4. The SMILES string of the molecule is CCC(C)[C@H](NC(=O)NC1(C)CCOC1)C(=O)O. The van der Waals surface area contributed by atoms with Gasteiger partial charge in [0.1, 0.15) is 6.04 Å². The largest absolute Gasteiger partial charge is 0.480 e. The molecule has 1 rings (SSSR count). The van der Waals surface area contributed by atoms with Gasteiger partial charge in [-0.2, -0.15) is 0 Å². The predicted molar refractivity (Wildman–Crippen MR) is 66.4 cm³/mol. The Morgan fingerprint density at radius 1 is 1.50 bits per heavy atom. The maximum atomic E-state index is 11.8. The number of nitrogens with one attached hydrogen (secondary N) is 2. The fourth-order valence-electron chi connectivity index (χ4n) is 1.90. The number of hydrogen-bond donors (Lipinski definition) is 3. The number of hydrogen-bond acceptors (Lipinski definition) is 3. The van der Waals surface area contributed by atoms with Crippen LogP contribution in [0.3, 0.4) is 0 Å². The van der Waals surface area contributed by atoms with Crippen LogP contribution in [0.5, 0.6) is 0 Å². The molecular weight excluding hydrogens is 236 g/mol. The first-order valence-corrected chi connectivity index (χ1v) is 6.27. The molecule has 0 spiro atoms. The normalized spacial score (nSPS) is 26.4. The molecule has 0 aromatic carbocycles. The third kappa shape index (κ3) is 3.87. The highest BCUT2D eigenvalue weighted by Crippen LogP contribution is 2.17. The lowest BCUT2D eigenvalue weighted by Gasteiger charge is -2.26. The Morgan fingerprint density at radius 2 is 2.17 bits per heavy atom. The Morgan fingerprint density at radius 3 is 2.61 bits per heavy atom. The number of carbonyl (C=O) groups excluding carboxylic acids is 1. The predicted octanol–water partition coefficient (Wildman–Crippen LogP) is 0.964. The number of carboxylic acid groups (broad SMARTS) is 1. The van der Waals surface area contributed by atoms with E-state index in [4.69, 9.17) is 9.84 Å². The number of carboxylic acids is 1. The molecule has 1 fully saturated rings. The fraction of sp³-hybridized carbons (Fsp3) is 0.833. The van der Waals surface area contributed by atoms with Crippen LogP contribution in [0.4, 0.5) is 4.79 Å². The number of urea groups is 1. The van der Waals surface area contributed by atoms with Crippen molar-refractivity contribution in [1.82, 2.24) is 10.6 Å². The summed E-state index contributed by atoms with van der Waals surface area (Å²) < 4.78 is 5.22. The lowest BCUT2D eigenvalue weighted by Crippen LogP contribution is -2.55. The number of aliphatic carboxylic acids is 1. The summed E-state index contributed by atoms with van der Waals surface area (Å²) in [5.74, 6) is -1.12. The summed E-state index contributed by atoms with van der Waals surface area (Å²) in [4.78, 5) is 22.9. The van der Waals surface area contributed by atoms with Crippen LogP contribution >= 0.6 is 0 Å². The van der Waals surface area contributed by atoms with Crippen LogP contribution in [-0.4, -0.2) is 41.9 Å². The average Bonchev–Trinajstić information content (AvgIpc) is 2.71. The van der Waals surface area contributed by atoms with Crippen molar-refractivity contribution in [3.05, 3.63) is 0 Å². The Bertz CT molecular complexity index is 313. The zero-order valence-electron chi connectivity index (χ0n) is 11.2. The molecule has 1 aliphatic heterocycles. The first-order valence-electron chi connectivity index (χ1n) is 6.27.